The van der Waals surface area contributed by atoms with E-state index in [2.05, 4.69) is 25.8 Å². The molecule has 2 aromatic heterocycles. The molecular formula is C20H18BrClN4O. The molecule has 5 nitrogen and oxygen atoms in total. The fourth-order valence-electron chi connectivity index (χ4n) is 3.18. The first-order valence-electron chi connectivity index (χ1n) is 8.56. The van der Waals surface area contributed by atoms with Crippen LogP contribution in [0.5, 0.6) is 0 Å². The number of rotatable bonds is 4. The fraction of sp³-hybridized carbons (Fsp3) is 0.200. The van der Waals surface area contributed by atoms with Crippen molar-refractivity contribution in [2.45, 2.75) is 6.54 Å². The number of H-pyrrole nitrogens is 1. The lowest BCUT2D eigenvalue weighted by Crippen LogP contribution is -2.28. The SMILES string of the molecule is CN(C)CCn1c(-c2ccc(Cl)cc2)nc2[nH]c3cc(Br)ccc3c2c1=O. The monoisotopic (exact) mass is 444 g/mol. The Morgan fingerprint density at radius 2 is 1.93 bits per heavy atom. The molecule has 4 rings (SSSR count). The normalized spacial score (nSPS) is 11.7. The zero-order valence-corrected chi connectivity index (χ0v) is 17.3. The molecule has 27 heavy (non-hydrogen) atoms. The summed E-state index contributed by atoms with van der Waals surface area (Å²) in [6.07, 6.45) is 0. The van der Waals surface area contributed by atoms with E-state index in [1.54, 1.807) is 4.57 Å². The molecule has 0 aliphatic rings. The van der Waals surface area contributed by atoms with Gasteiger partial charge in [0, 0.05) is 39.1 Å². The first-order chi connectivity index (χ1) is 12.9. The lowest BCUT2D eigenvalue weighted by molar-refractivity contribution is 0.381. The predicted molar refractivity (Wildman–Crippen MR) is 115 cm³/mol. The van der Waals surface area contributed by atoms with Crippen LogP contribution < -0.4 is 5.56 Å². The molecule has 4 aromatic rings. The quantitative estimate of drug-likeness (QED) is 0.502. The van der Waals surface area contributed by atoms with Crippen molar-refractivity contribution in [2.24, 2.45) is 0 Å². The molecule has 0 saturated heterocycles. The Morgan fingerprint density at radius 3 is 2.63 bits per heavy atom. The number of aromatic nitrogens is 3. The van der Waals surface area contributed by atoms with E-state index in [0.29, 0.717) is 28.4 Å². The Bertz CT molecular complexity index is 1190. The first kappa shape index (κ1) is 18.2. The van der Waals surface area contributed by atoms with Crippen LogP contribution in [0.1, 0.15) is 0 Å². The topological polar surface area (TPSA) is 53.9 Å². The molecule has 0 radical (unpaired) electrons. The van der Waals surface area contributed by atoms with Crippen LogP contribution >= 0.6 is 27.5 Å². The number of fused-ring (bicyclic) bond motifs is 3. The molecular weight excluding hydrogens is 428 g/mol. The van der Waals surface area contributed by atoms with Crippen LogP contribution in [-0.2, 0) is 6.54 Å². The van der Waals surface area contributed by atoms with E-state index in [-0.39, 0.29) is 5.56 Å². The summed E-state index contributed by atoms with van der Waals surface area (Å²) in [5.74, 6) is 0.636. The molecule has 0 atom stereocenters. The van der Waals surface area contributed by atoms with Gasteiger partial charge in [-0.05, 0) is 50.5 Å². The zero-order chi connectivity index (χ0) is 19.1. The van der Waals surface area contributed by atoms with Gasteiger partial charge in [-0.1, -0.05) is 33.6 Å². The Morgan fingerprint density at radius 1 is 1.19 bits per heavy atom. The molecule has 0 aliphatic heterocycles. The van der Waals surface area contributed by atoms with Crippen molar-refractivity contribution >= 4 is 49.5 Å². The molecule has 0 amide bonds. The summed E-state index contributed by atoms with van der Waals surface area (Å²) in [4.78, 5) is 23.6. The van der Waals surface area contributed by atoms with Gasteiger partial charge in [-0.25, -0.2) is 4.98 Å². The summed E-state index contributed by atoms with van der Waals surface area (Å²) in [5.41, 5.74) is 2.30. The minimum Gasteiger partial charge on any atom is -0.339 e. The number of hydrogen-bond donors (Lipinski definition) is 1. The summed E-state index contributed by atoms with van der Waals surface area (Å²) in [6.45, 7) is 1.29. The average molecular weight is 446 g/mol. The van der Waals surface area contributed by atoms with E-state index < -0.39 is 0 Å². The maximum atomic E-state index is 13.4. The van der Waals surface area contributed by atoms with E-state index in [1.807, 2.05) is 56.6 Å². The molecule has 0 spiro atoms. The molecule has 0 unspecified atom stereocenters. The van der Waals surface area contributed by atoms with Gasteiger partial charge < -0.3 is 9.88 Å². The van der Waals surface area contributed by atoms with Gasteiger partial charge in [-0.15, -0.1) is 0 Å². The zero-order valence-electron chi connectivity index (χ0n) is 15.0. The first-order valence-corrected chi connectivity index (χ1v) is 9.73. The van der Waals surface area contributed by atoms with E-state index in [0.717, 1.165) is 27.5 Å². The van der Waals surface area contributed by atoms with Crippen molar-refractivity contribution in [1.29, 1.82) is 0 Å². The van der Waals surface area contributed by atoms with Gasteiger partial charge in [0.2, 0.25) is 0 Å². The third-order valence-electron chi connectivity index (χ3n) is 4.55. The van der Waals surface area contributed by atoms with Crippen LogP contribution in [0.25, 0.3) is 33.3 Å². The summed E-state index contributed by atoms with van der Waals surface area (Å²) in [5, 5.41) is 2.15. The lowest BCUT2D eigenvalue weighted by Gasteiger charge is -2.15. The second-order valence-corrected chi connectivity index (χ2v) is 8.09. The highest BCUT2D eigenvalue weighted by Gasteiger charge is 2.17. The van der Waals surface area contributed by atoms with E-state index in [9.17, 15) is 4.79 Å². The molecule has 138 valence electrons. The fourth-order valence-corrected chi connectivity index (χ4v) is 3.67. The van der Waals surface area contributed by atoms with Crippen molar-refractivity contribution in [3.63, 3.8) is 0 Å². The molecule has 7 heteroatoms. The van der Waals surface area contributed by atoms with Crippen LogP contribution in [0.4, 0.5) is 0 Å². The summed E-state index contributed by atoms with van der Waals surface area (Å²) in [6, 6.07) is 13.2. The summed E-state index contributed by atoms with van der Waals surface area (Å²) < 4.78 is 2.70. The van der Waals surface area contributed by atoms with Crippen molar-refractivity contribution in [3.05, 3.63) is 62.3 Å². The van der Waals surface area contributed by atoms with Crippen LogP contribution in [0.15, 0.2) is 51.7 Å². The largest absolute Gasteiger partial charge is 0.339 e. The highest BCUT2D eigenvalue weighted by Crippen LogP contribution is 2.27. The number of likely N-dealkylation sites (N-methyl/N-ethyl adjacent to an activating group) is 1. The smallest absolute Gasteiger partial charge is 0.263 e. The molecule has 2 heterocycles. The standard InChI is InChI=1S/C20H18BrClN4O/c1-25(2)9-10-26-19(12-3-6-14(22)7-4-12)24-18-17(20(26)27)15-8-5-13(21)11-16(15)23-18/h3-8,11,23H,9-10H2,1-2H3. The third kappa shape index (κ3) is 3.40. The Hall–Kier alpha value is -2.15. The number of halogens is 2. The molecule has 2 aromatic carbocycles. The van der Waals surface area contributed by atoms with Gasteiger partial charge in [-0.3, -0.25) is 9.36 Å². The number of aromatic amines is 1. The summed E-state index contributed by atoms with van der Waals surface area (Å²) in [7, 11) is 3.98. The lowest BCUT2D eigenvalue weighted by atomic mass is 10.2. The second-order valence-electron chi connectivity index (χ2n) is 6.74. The van der Waals surface area contributed by atoms with Crippen molar-refractivity contribution in [2.75, 3.05) is 20.6 Å². The maximum Gasteiger partial charge on any atom is 0.263 e. The van der Waals surface area contributed by atoms with Gasteiger partial charge in [-0.2, -0.15) is 0 Å². The molecule has 0 aliphatic carbocycles. The number of nitrogens with one attached hydrogen (secondary N) is 1. The van der Waals surface area contributed by atoms with Crippen LogP contribution in [-0.4, -0.2) is 40.1 Å². The van der Waals surface area contributed by atoms with Gasteiger partial charge >= 0.3 is 0 Å². The van der Waals surface area contributed by atoms with E-state index in [1.165, 1.54) is 0 Å². The van der Waals surface area contributed by atoms with Crippen molar-refractivity contribution in [3.8, 4) is 11.4 Å². The molecule has 0 fully saturated rings. The van der Waals surface area contributed by atoms with Gasteiger partial charge in [0.05, 0.1) is 5.39 Å². The molecule has 0 saturated carbocycles. The van der Waals surface area contributed by atoms with Gasteiger partial charge in [0.1, 0.15) is 11.5 Å². The Kier molecular flexibility index (Phi) is 4.80. The van der Waals surface area contributed by atoms with Crippen LogP contribution in [0.2, 0.25) is 5.02 Å². The maximum absolute atomic E-state index is 13.4. The predicted octanol–water partition coefficient (Wildman–Crippen LogP) is 4.52. The minimum absolute atomic E-state index is 0.0413. The van der Waals surface area contributed by atoms with Gasteiger partial charge in [0.15, 0.2) is 0 Å². The Labute approximate surface area is 169 Å². The number of nitrogens with zero attached hydrogens (tertiary/aromatic N) is 3. The Balaban J connectivity index is 2.02. The molecule has 1 N–H and O–H groups in total. The highest BCUT2D eigenvalue weighted by molar-refractivity contribution is 9.10. The number of benzene rings is 2. The van der Waals surface area contributed by atoms with Gasteiger partial charge in [0.25, 0.3) is 5.56 Å². The molecule has 0 bridgehead atoms. The minimum atomic E-state index is -0.0413. The summed E-state index contributed by atoms with van der Waals surface area (Å²) >= 11 is 9.51. The van der Waals surface area contributed by atoms with E-state index in [4.69, 9.17) is 16.6 Å². The van der Waals surface area contributed by atoms with Crippen LogP contribution in [0, 0.1) is 0 Å². The second kappa shape index (κ2) is 7.11. The third-order valence-corrected chi connectivity index (χ3v) is 5.29. The highest BCUT2D eigenvalue weighted by atomic mass is 79.9. The van der Waals surface area contributed by atoms with Crippen LogP contribution in [0.3, 0.4) is 0 Å². The van der Waals surface area contributed by atoms with E-state index >= 15 is 0 Å². The average Bonchev–Trinajstić information content (AvgIpc) is 2.98. The van der Waals surface area contributed by atoms with Crippen molar-refractivity contribution < 1.29 is 0 Å². The van der Waals surface area contributed by atoms with Crippen molar-refractivity contribution in [1.82, 2.24) is 19.4 Å². The number of hydrogen-bond acceptors (Lipinski definition) is 3.